The van der Waals surface area contributed by atoms with E-state index in [2.05, 4.69) is 20.5 Å². The average Bonchev–Trinajstić information content (AvgIpc) is 3.05. The number of piperidine rings is 1. The Kier molecular flexibility index (Phi) is 6.08. The number of benzene rings is 1. The monoisotopic (exact) mass is 371 g/mol. The molecule has 8 heteroatoms. The number of aryl methyl sites for hydroxylation is 1. The van der Waals surface area contributed by atoms with Gasteiger partial charge in [0.2, 0.25) is 5.91 Å². The van der Waals surface area contributed by atoms with Gasteiger partial charge in [-0.15, -0.1) is 0 Å². The second-order valence-electron chi connectivity index (χ2n) is 6.79. The zero-order valence-corrected chi connectivity index (χ0v) is 15.4. The van der Waals surface area contributed by atoms with E-state index in [-0.39, 0.29) is 30.0 Å². The van der Waals surface area contributed by atoms with Crippen molar-refractivity contribution >= 4 is 18.0 Å². The third-order valence-corrected chi connectivity index (χ3v) is 4.75. The Labute approximate surface area is 158 Å². The summed E-state index contributed by atoms with van der Waals surface area (Å²) in [4.78, 5) is 30.0. The van der Waals surface area contributed by atoms with Crippen molar-refractivity contribution in [3.8, 4) is 0 Å². The number of carbonyl (C=O) groups is 2. The van der Waals surface area contributed by atoms with Crippen LogP contribution < -0.4 is 16.4 Å². The number of aromatic nitrogens is 1. The van der Waals surface area contributed by atoms with Crippen molar-refractivity contribution in [3.05, 3.63) is 47.9 Å². The molecule has 27 heavy (non-hydrogen) atoms. The first-order chi connectivity index (χ1) is 13.0. The minimum absolute atomic E-state index is 0.0301. The first-order valence-corrected chi connectivity index (χ1v) is 9.08. The normalized spacial score (nSPS) is 16.6. The summed E-state index contributed by atoms with van der Waals surface area (Å²) < 4.78 is 5.23. The lowest BCUT2D eigenvalue weighted by molar-refractivity contribution is -0.123. The summed E-state index contributed by atoms with van der Waals surface area (Å²) in [6.45, 7) is 3.16. The van der Waals surface area contributed by atoms with Gasteiger partial charge in [0.15, 0.2) is 0 Å². The number of oxazole rings is 1. The average molecular weight is 371 g/mol. The molecule has 1 atom stereocenters. The van der Waals surface area contributed by atoms with Gasteiger partial charge < -0.3 is 15.5 Å². The third-order valence-electron chi connectivity index (χ3n) is 4.75. The number of hydrogen-bond acceptors (Lipinski definition) is 5. The van der Waals surface area contributed by atoms with Crippen LogP contribution in [0, 0.1) is 6.92 Å². The number of rotatable bonds is 6. The highest BCUT2D eigenvalue weighted by Gasteiger charge is 2.29. The van der Waals surface area contributed by atoms with Crippen LogP contribution in [0.2, 0.25) is 0 Å². The number of urea groups is 1. The Morgan fingerprint density at radius 3 is 2.59 bits per heavy atom. The van der Waals surface area contributed by atoms with Crippen molar-refractivity contribution < 1.29 is 14.0 Å². The summed E-state index contributed by atoms with van der Waals surface area (Å²) in [5.41, 5.74) is 6.73. The molecular weight excluding hydrogens is 346 g/mol. The summed E-state index contributed by atoms with van der Waals surface area (Å²) in [7, 11) is 0. The number of nitrogens with zero attached hydrogens (tertiary/aromatic N) is 2. The van der Waals surface area contributed by atoms with E-state index in [1.165, 1.54) is 0 Å². The number of hydrogen-bond donors (Lipinski definition) is 3. The molecule has 3 amide bonds. The van der Waals surface area contributed by atoms with E-state index in [4.69, 9.17) is 10.2 Å². The lowest BCUT2D eigenvalue weighted by Gasteiger charge is -2.36. The maximum absolute atomic E-state index is 12.0. The lowest BCUT2D eigenvalue weighted by atomic mass is 9.99. The molecule has 3 rings (SSSR count). The highest BCUT2D eigenvalue weighted by molar-refractivity contribution is 5.87. The largest absolute Gasteiger partial charge is 0.429 e. The lowest BCUT2D eigenvalue weighted by Crippen LogP contribution is -2.53. The maximum atomic E-state index is 12.0. The zero-order chi connectivity index (χ0) is 19.2. The van der Waals surface area contributed by atoms with Crippen LogP contribution in [0.25, 0.3) is 0 Å². The number of likely N-dealkylation sites (tertiary alicyclic amines) is 1. The second-order valence-corrected chi connectivity index (χ2v) is 6.79. The Morgan fingerprint density at radius 2 is 2.00 bits per heavy atom. The molecule has 4 N–H and O–H groups in total. The van der Waals surface area contributed by atoms with Crippen LogP contribution in [0.4, 0.5) is 10.8 Å². The Morgan fingerprint density at radius 1 is 1.30 bits per heavy atom. The van der Waals surface area contributed by atoms with Gasteiger partial charge >= 0.3 is 12.0 Å². The summed E-state index contributed by atoms with van der Waals surface area (Å²) in [6.07, 6.45) is 3.64. The minimum Gasteiger partial charge on any atom is -0.429 e. The SMILES string of the molecule is Cc1cnc(NC(=O)NC2CCN(C(Cc3ccccc3)C(N)=O)CC2)o1. The van der Waals surface area contributed by atoms with Crippen LogP contribution in [-0.4, -0.2) is 47.0 Å². The molecule has 0 saturated carbocycles. The smallest absolute Gasteiger partial charge is 0.323 e. The molecule has 1 aromatic carbocycles. The van der Waals surface area contributed by atoms with Gasteiger partial charge in [0.05, 0.1) is 12.2 Å². The molecule has 1 aromatic heterocycles. The molecule has 0 aliphatic carbocycles. The molecule has 0 bridgehead atoms. The summed E-state index contributed by atoms with van der Waals surface area (Å²) in [5, 5.41) is 5.50. The molecule has 1 unspecified atom stereocenters. The molecular formula is C19H25N5O3. The Hall–Kier alpha value is -2.87. The Bertz CT molecular complexity index is 769. The fraction of sp³-hybridized carbons (Fsp3) is 0.421. The topological polar surface area (TPSA) is 113 Å². The van der Waals surface area contributed by atoms with Crippen molar-refractivity contribution in [1.82, 2.24) is 15.2 Å². The maximum Gasteiger partial charge on any atom is 0.323 e. The second kappa shape index (κ2) is 8.68. The molecule has 1 aliphatic heterocycles. The van der Waals surface area contributed by atoms with Gasteiger partial charge in [0.1, 0.15) is 5.76 Å². The molecule has 8 nitrogen and oxygen atoms in total. The van der Waals surface area contributed by atoms with Crippen molar-refractivity contribution in [1.29, 1.82) is 0 Å². The fourth-order valence-electron chi connectivity index (χ4n) is 3.33. The quantitative estimate of drug-likeness (QED) is 0.715. The highest BCUT2D eigenvalue weighted by atomic mass is 16.4. The molecule has 1 fully saturated rings. The molecule has 0 spiro atoms. The predicted octanol–water partition coefficient (Wildman–Crippen LogP) is 1.67. The molecule has 0 radical (unpaired) electrons. The van der Waals surface area contributed by atoms with E-state index in [1.807, 2.05) is 30.3 Å². The fourth-order valence-corrected chi connectivity index (χ4v) is 3.33. The van der Waals surface area contributed by atoms with Gasteiger partial charge in [-0.05, 0) is 31.7 Å². The number of nitrogens with one attached hydrogen (secondary N) is 2. The number of amides is 3. The number of primary amides is 1. The van der Waals surface area contributed by atoms with Gasteiger partial charge in [0.25, 0.3) is 0 Å². The van der Waals surface area contributed by atoms with Gasteiger partial charge in [-0.1, -0.05) is 30.3 Å². The predicted molar refractivity (Wildman–Crippen MR) is 101 cm³/mol. The third kappa shape index (κ3) is 5.30. The molecule has 1 saturated heterocycles. The van der Waals surface area contributed by atoms with Crippen molar-refractivity contribution in [2.45, 2.75) is 38.3 Å². The van der Waals surface area contributed by atoms with Crippen LogP contribution in [-0.2, 0) is 11.2 Å². The highest BCUT2D eigenvalue weighted by Crippen LogP contribution is 2.17. The summed E-state index contributed by atoms with van der Waals surface area (Å²) in [6, 6.07) is 9.39. The molecule has 2 heterocycles. The summed E-state index contributed by atoms with van der Waals surface area (Å²) >= 11 is 0. The molecule has 144 valence electrons. The van der Waals surface area contributed by atoms with E-state index in [0.717, 1.165) is 18.4 Å². The standard InChI is InChI=1S/C19H25N5O3/c1-13-12-21-19(27-13)23-18(26)22-15-7-9-24(10-8-15)16(17(20)25)11-14-5-3-2-4-6-14/h2-6,12,15-16H,7-11H2,1H3,(H2,20,25)(H2,21,22,23,26). The van der Waals surface area contributed by atoms with Gasteiger partial charge in [-0.2, -0.15) is 0 Å². The molecule has 1 aliphatic rings. The number of nitrogens with two attached hydrogens (primary N) is 1. The van der Waals surface area contributed by atoms with E-state index < -0.39 is 0 Å². The van der Waals surface area contributed by atoms with Crippen molar-refractivity contribution in [3.63, 3.8) is 0 Å². The van der Waals surface area contributed by atoms with Crippen LogP contribution >= 0.6 is 0 Å². The van der Waals surface area contributed by atoms with Crippen LogP contribution in [0.1, 0.15) is 24.2 Å². The van der Waals surface area contributed by atoms with E-state index in [0.29, 0.717) is 25.3 Å². The Balaban J connectivity index is 1.49. The van der Waals surface area contributed by atoms with Crippen LogP contribution in [0.15, 0.2) is 40.9 Å². The summed E-state index contributed by atoms with van der Waals surface area (Å²) in [5.74, 6) is 0.316. The molecule has 2 aromatic rings. The first-order valence-electron chi connectivity index (χ1n) is 9.08. The van der Waals surface area contributed by atoms with Crippen molar-refractivity contribution in [2.75, 3.05) is 18.4 Å². The zero-order valence-electron chi connectivity index (χ0n) is 15.4. The van der Waals surface area contributed by atoms with Crippen LogP contribution in [0.5, 0.6) is 0 Å². The number of anilines is 1. The van der Waals surface area contributed by atoms with E-state index in [1.54, 1.807) is 13.1 Å². The van der Waals surface area contributed by atoms with E-state index in [9.17, 15) is 9.59 Å². The first kappa shape index (κ1) is 18.9. The van der Waals surface area contributed by atoms with Gasteiger partial charge in [-0.25, -0.2) is 9.78 Å². The minimum atomic E-state index is -0.342. The van der Waals surface area contributed by atoms with Crippen molar-refractivity contribution in [2.24, 2.45) is 5.73 Å². The van der Waals surface area contributed by atoms with Gasteiger partial charge in [-0.3, -0.25) is 15.0 Å². The number of carbonyl (C=O) groups excluding carboxylic acids is 2. The van der Waals surface area contributed by atoms with Gasteiger partial charge in [0, 0.05) is 19.1 Å². The van der Waals surface area contributed by atoms with Crippen LogP contribution in [0.3, 0.4) is 0 Å². The van der Waals surface area contributed by atoms with E-state index >= 15 is 0 Å².